The van der Waals surface area contributed by atoms with E-state index >= 15 is 0 Å². The van der Waals surface area contributed by atoms with E-state index in [2.05, 4.69) is 29.0 Å². The van der Waals surface area contributed by atoms with Crippen LogP contribution >= 0.6 is 11.8 Å². The number of nitrogens with zero attached hydrogens (tertiary/aromatic N) is 1. The topological polar surface area (TPSA) is 95.3 Å². The number of benzene rings is 3. The SMILES string of the molecule is COC(=O)c1ccc(CN2C(=O)S/C(=C/c3ccc(OCc4ccc5ccccc5c4)c(OC)c3)C2=O)o1. The monoisotopic (exact) mass is 529 g/mol. The Morgan fingerprint density at radius 2 is 1.76 bits per heavy atom. The zero-order chi connectivity index (χ0) is 26.6. The summed E-state index contributed by atoms with van der Waals surface area (Å²) in [5.74, 6) is 0.272. The average Bonchev–Trinajstić information content (AvgIpc) is 3.52. The summed E-state index contributed by atoms with van der Waals surface area (Å²) in [5, 5.41) is 1.87. The molecule has 4 aromatic rings. The number of carbonyl (C=O) groups is 3. The predicted molar refractivity (Wildman–Crippen MR) is 143 cm³/mol. The predicted octanol–water partition coefficient (Wildman–Crippen LogP) is 6.04. The van der Waals surface area contributed by atoms with Crippen molar-refractivity contribution in [1.29, 1.82) is 0 Å². The van der Waals surface area contributed by atoms with Gasteiger partial charge in [0.15, 0.2) is 11.5 Å². The highest BCUT2D eigenvalue weighted by atomic mass is 32.2. The largest absolute Gasteiger partial charge is 0.493 e. The van der Waals surface area contributed by atoms with Crippen molar-refractivity contribution in [3.63, 3.8) is 0 Å². The summed E-state index contributed by atoms with van der Waals surface area (Å²) >= 11 is 0.833. The third kappa shape index (κ3) is 5.28. The molecule has 2 heterocycles. The number of rotatable bonds is 8. The zero-order valence-corrected chi connectivity index (χ0v) is 21.4. The van der Waals surface area contributed by atoms with Gasteiger partial charge in [0.25, 0.3) is 11.1 Å². The third-order valence-corrected chi connectivity index (χ3v) is 6.84. The van der Waals surface area contributed by atoms with Crippen molar-refractivity contribution < 1.29 is 33.0 Å². The third-order valence-electron chi connectivity index (χ3n) is 5.93. The lowest BCUT2D eigenvalue weighted by molar-refractivity contribution is -0.123. The Labute approximate surface area is 222 Å². The molecular weight excluding hydrogens is 506 g/mol. The number of amides is 2. The molecule has 1 saturated heterocycles. The molecule has 38 heavy (non-hydrogen) atoms. The van der Waals surface area contributed by atoms with E-state index in [0.29, 0.717) is 29.4 Å². The second-order valence-corrected chi connectivity index (χ2v) is 9.40. The number of fused-ring (bicyclic) bond motifs is 1. The second kappa shape index (κ2) is 10.9. The molecule has 0 radical (unpaired) electrons. The van der Waals surface area contributed by atoms with Crippen LogP contribution in [0, 0.1) is 0 Å². The molecular formula is C29H23NO7S. The van der Waals surface area contributed by atoms with Crippen molar-refractivity contribution in [3.05, 3.63) is 100 Å². The van der Waals surface area contributed by atoms with Crippen LogP contribution in [0.25, 0.3) is 16.8 Å². The van der Waals surface area contributed by atoms with Crippen LogP contribution in [0.2, 0.25) is 0 Å². The van der Waals surface area contributed by atoms with Crippen molar-refractivity contribution in [3.8, 4) is 11.5 Å². The highest BCUT2D eigenvalue weighted by molar-refractivity contribution is 8.18. The van der Waals surface area contributed by atoms with Gasteiger partial charge in [-0.15, -0.1) is 0 Å². The molecule has 0 bridgehead atoms. The fourth-order valence-electron chi connectivity index (χ4n) is 4.00. The number of imide groups is 1. The first-order chi connectivity index (χ1) is 18.4. The van der Waals surface area contributed by atoms with Gasteiger partial charge in [0.05, 0.1) is 25.7 Å². The molecule has 0 N–H and O–H groups in total. The minimum atomic E-state index is -0.635. The lowest BCUT2D eigenvalue weighted by atomic mass is 10.1. The summed E-state index contributed by atoms with van der Waals surface area (Å²) in [5.41, 5.74) is 1.70. The van der Waals surface area contributed by atoms with E-state index in [-0.39, 0.29) is 17.2 Å². The van der Waals surface area contributed by atoms with Crippen molar-refractivity contribution in [2.24, 2.45) is 0 Å². The summed E-state index contributed by atoms with van der Waals surface area (Å²) < 4.78 is 21.5. The number of esters is 1. The van der Waals surface area contributed by atoms with Crippen LogP contribution in [0.4, 0.5) is 4.79 Å². The number of furan rings is 1. The maximum absolute atomic E-state index is 12.9. The molecule has 9 heteroatoms. The summed E-state index contributed by atoms with van der Waals surface area (Å²) in [4.78, 5) is 38.4. The number of thioether (sulfide) groups is 1. The maximum atomic E-state index is 12.9. The van der Waals surface area contributed by atoms with Crippen molar-refractivity contribution in [2.45, 2.75) is 13.2 Å². The van der Waals surface area contributed by atoms with Crippen molar-refractivity contribution in [2.75, 3.05) is 14.2 Å². The summed E-state index contributed by atoms with van der Waals surface area (Å²) in [6.07, 6.45) is 1.63. The fraction of sp³-hybridized carbons (Fsp3) is 0.138. The fourth-order valence-corrected chi connectivity index (χ4v) is 4.84. The number of methoxy groups -OCH3 is 2. The molecule has 3 aromatic carbocycles. The molecule has 2 amide bonds. The summed E-state index contributed by atoms with van der Waals surface area (Å²) in [6, 6.07) is 22.6. The molecule has 192 valence electrons. The molecule has 1 aliphatic rings. The van der Waals surface area contributed by atoms with Crippen LogP contribution in [0.5, 0.6) is 11.5 Å². The first kappa shape index (κ1) is 25.2. The Hall–Kier alpha value is -4.50. The van der Waals surface area contributed by atoms with Gasteiger partial charge in [-0.1, -0.05) is 42.5 Å². The molecule has 1 aromatic heterocycles. The molecule has 1 aliphatic heterocycles. The molecule has 1 fully saturated rings. The standard InChI is InChI=1S/C29H23NO7S/c1-34-25-14-18(8-11-23(25)36-17-19-7-9-20-5-3-4-6-21(20)13-19)15-26-27(31)30(29(33)38-26)16-22-10-12-24(37-22)28(32)35-2/h3-15H,16-17H2,1-2H3/b26-15+. The lowest BCUT2D eigenvalue weighted by Crippen LogP contribution is -2.27. The Kier molecular flexibility index (Phi) is 7.19. The van der Waals surface area contributed by atoms with Crippen LogP contribution in [0.15, 0.2) is 82.1 Å². The van der Waals surface area contributed by atoms with E-state index in [0.717, 1.165) is 33.0 Å². The van der Waals surface area contributed by atoms with Crippen LogP contribution in [-0.4, -0.2) is 36.2 Å². The molecule has 0 saturated carbocycles. The van der Waals surface area contributed by atoms with Crippen molar-refractivity contribution >= 4 is 45.7 Å². The lowest BCUT2D eigenvalue weighted by Gasteiger charge is -2.12. The highest BCUT2D eigenvalue weighted by Gasteiger charge is 2.35. The smallest absolute Gasteiger partial charge is 0.373 e. The number of hydrogen-bond acceptors (Lipinski definition) is 8. The minimum absolute atomic E-state index is 0.0000303. The quantitative estimate of drug-likeness (QED) is 0.201. The normalized spacial score (nSPS) is 14.4. The van der Waals surface area contributed by atoms with Gasteiger partial charge in [-0.05, 0) is 70.1 Å². The van der Waals surface area contributed by atoms with Crippen LogP contribution in [-0.2, 0) is 22.7 Å². The second-order valence-electron chi connectivity index (χ2n) is 8.41. The molecule has 8 nitrogen and oxygen atoms in total. The Morgan fingerprint density at radius 1 is 0.947 bits per heavy atom. The minimum Gasteiger partial charge on any atom is -0.493 e. The van der Waals surface area contributed by atoms with Gasteiger partial charge in [0.2, 0.25) is 5.76 Å². The van der Waals surface area contributed by atoms with Crippen molar-refractivity contribution in [1.82, 2.24) is 4.90 Å². The van der Waals surface area contributed by atoms with Gasteiger partial charge >= 0.3 is 5.97 Å². The molecule has 0 spiro atoms. The first-order valence-corrected chi connectivity index (χ1v) is 12.5. The average molecular weight is 530 g/mol. The van der Waals surface area contributed by atoms with Crippen LogP contribution in [0.3, 0.4) is 0 Å². The van der Waals surface area contributed by atoms with E-state index in [1.165, 1.54) is 19.2 Å². The van der Waals surface area contributed by atoms with E-state index in [9.17, 15) is 14.4 Å². The number of ether oxygens (including phenoxy) is 3. The van der Waals surface area contributed by atoms with E-state index in [4.69, 9.17) is 13.9 Å². The van der Waals surface area contributed by atoms with Gasteiger partial charge in [-0.3, -0.25) is 14.5 Å². The van der Waals surface area contributed by atoms with Crippen LogP contribution < -0.4 is 9.47 Å². The first-order valence-electron chi connectivity index (χ1n) is 11.7. The highest BCUT2D eigenvalue weighted by Crippen LogP contribution is 2.35. The van der Waals surface area contributed by atoms with Gasteiger partial charge < -0.3 is 18.6 Å². The van der Waals surface area contributed by atoms with Crippen LogP contribution in [0.1, 0.15) is 27.4 Å². The van der Waals surface area contributed by atoms with E-state index in [1.54, 1.807) is 31.4 Å². The summed E-state index contributed by atoms with van der Waals surface area (Å²) in [7, 11) is 2.78. The molecule has 0 unspecified atom stereocenters. The van der Waals surface area contributed by atoms with Gasteiger partial charge in [0, 0.05) is 0 Å². The molecule has 5 rings (SSSR count). The van der Waals surface area contributed by atoms with E-state index in [1.807, 2.05) is 18.2 Å². The Bertz CT molecular complexity index is 1570. The molecule has 0 atom stereocenters. The zero-order valence-electron chi connectivity index (χ0n) is 20.6. The maximum Gasteiger partial charge on any atom is 0.373 e. The summed E-state index contributed by atoms with van der Waals surface area (Å²) in [6.45, 7) is 0.272. The van der Waals surface area contributed by atoms with Gasteiger partial charge in [0.1, 0.15) is 12.4 Å². The van der Waals surface area contributed by atoms with Gasteiger partial charge in [-0.2, -0.15) is 0 Å². The Morgan fingerprint density at radius 3 is 2.55 bits per heavy atom. The molecule has 0 aliphatic carbocycles. The van der Waals surface area contributed by atoms with Gasteiger partial charge in [-0.25, -0.2) is 4.79 Å². The van der Waals surface area contributed by atoms with E-state index < -0.39 is 17.1 Å². The Balaban J connectivity index is 1.28. The number of carbonyl (C=O) groups excluding carboxylic acids is 3. The number of hydrogen-bond donors (Lipinski definition) is 0.